The van der Waals surface area contributed by atoms with E-state index in [9.17, 15) is 0 Å². The monoisotopic (exact) mass is 290 g/mol. The molecule has 0 bridgehead atoms. The van der Waals surface area contributed by atoms with Crippen molar-refractivity contribution in [3.05, 3.63) is 46.7 Å². The zero-order valence-electron chi connectivity index (χ0n) is 11.1. The van der Waals surface area contributed by atoms with Gasteiger partial charge in [-0.2, -0.15) is 5.10 Å². The van der Waals surface area contributed by atoms with Gasteiger partial charge >= 0.3 is 0 Å². The summed E-state index contributed by atoms with van der Waals surface area (Å²) in [5.41, 5.74) is 1.74. The molecule has 1 aromatic carbocycles. The summed E-state index contributed by atoms with van der Waals surface area (Å²) in [5, 5.41) is 13.5. The van der Waals surface area contributed by atoms with Crippen molar-refractivity contribution >= 4 is 11.6 Å². The van der Waals surface area contributed by atoms with Gasteiger partial charge in [-0.05, 0) is 25.1 Å². The molecule has 0 spiro atoms. The van der Waals surface area contributed by atoms with Gasteiger partial charge in [-0.15, -0.1) is 0 Å². The first-order valence-corrected chi connectivity index (χ1v) is 6.59. The lowest BCUT2D eigenvalue weighted by Crippen LogP contribution is -2.10. The van der Waals surface area contributed by atoms with E-state index in [1.807, 2.05) is 31.2 Å². The minimum atomic E-state index is -0.148. The fourth-order valence-corrected chi connectivity index (χ4v) is 1.85. The predicted molar refractivity (Wildman–Crippen MR) is 77.9 cm³/mol. The normalized spacial score (nSPS) is 9.95. The largest absolute Gasteiger partial charge is 0.492 e. The molecule has 1 aromatic heterocycles. The summed E-state index contributed by atoms with van der Waals surface area (Å²) < 4.78 is 7.46. The Morgan fingerprint density at radius 3 is 3.00 bits per heavy atom. The Hall–Kier alpha value is -1.96. The Kier molecular flexibility index (Phi) is 5.05. The van der Waals surface area contributed by atoms with Crippen LogP contribution in [0, 0.1) is 18.8 Å². The number of nitrogens with zero attached hydrogens (tertiary/aromatic N) is 2. The summed E-state index contributed by atoms with van der Waals surface area (Å²) in [6.45, 7) is 2.89. The first-order valence-electron chi connectivity index (χ1n) is 6.21. The second-order valence-electron chi connectivity index (χ2n) is 4.14. The average Bonchev–Trinajstić information content (AvgIpc) is 2.78. The van der Waals surface area contributed by atoms with Gasteiger partial charge in [0, 0.05) is 5.56 Å². The first kappa shape index (κ1) is 14.4. The molecule has 0 unspecified atom stereocenters. The Morgan fingerprint density at radius 1 is 1.45 bits per heavy atom. The predicted octanol–water partition coefficient (Wildman–Crippen LogP) is 2.27. The molecule has 0 fully saturated rings. The van der Waals surface area contributed by atoms with Gasteiger partial charge in [0.25, 0.3) is 0 Å². The molecule has 0 amide bonds. The number of rotatable bonds is 4. The van der Waals surface area contributed by atoms with Crippen LogP contribution in [0.25, 0.3) is 0 Å². The molecule has 0 aliphatic carbocycles. The summed E-state index contributed by atoms with van der Waals surface area (Å²) >= 11 is 5.93. The SMILES string of the molecule is Cc1c(Cl)cnn1CCOc1cccc(C#CCO)c1. The maximum absolute atomic E-state index is 8.67. The molecule has 1 N–H and O–H groups in total. The fourth-order valence-electron chi connectivity index (χ4n) is 1.70. The zero-order valence-corrected chi connectivity index (χ0v) is 11.9. The molecule has 0 aliphatic rings. The van der Waals surface area contributed by atoms with Gasteiger partial charge in [0.1, 0.15) is 19.0 Å². The van der Waals surface area contributed by atoms with Crippen LogP contribution in [0.1, 0.15) is 11.3 Å². The van der Waals surface area contributed by atoms with Crippen molar-refractivity contribution in [2.75, 3.05) is 13.2 Å². The number of hydrogen-bond acceptors (Lipinski definition) is 3. The highest BCUT2D eigenvalue weighted by Gasteiger charge is 2.03. The molecule has 0 saturated heterocycles. The van der Waals surface area contributed by atoms with E-state index < -0.39 is 0 Å². The van der Waals surface area contributed by atoms with E-state index in [0.717, 1.165) is 17.0 Å². The van der Waals surface area contributed by atoms with Crippen LogP contribution < -0.4 is 4.74 Å². The Balaban J connectivity index is 1.92. The molecule has 0 aliphatic heterocycles. The topological polar surface area (TPSA) is 47.3 Å². The molecule has 2 rings (SSSR count). The van der Waals surface area contributed by atoms with Gasteiger partial charge < -0.3 is 9.84 Å². The Morgan fingerprint density at radius 2 is 2.30 bits per heavy atom. The molecule has 0 saturated carbocycles. The number of halogens is 1. The van der Waals surface area contributed by atoms with Gasteiger partial charge in [0.2, 0.25) is 0 Å². The number of aliphatic hydroxyl groups is 1. The second kappa shape index (κ2) is 6.99. The van der Waals surface area contributed by atoms with Crippen molar-refractivity contribution in [2.45, 2.75) is 13.5 Å². The highest BCUT2D eigenvalue weighted by atomic mass is 35.5. The second-order valence-corrected chi connectivity index (χ2v) is 4.54. The van der Waals surface area contributed by atoms with Crippen LogP contribution in [0.3, 0.4) is 0 Å². The fraction of sp³-hybridized carbons (Fsp3) is 0.267. The van der Waals surface area contributed by atoms with E-state index in [2.05, 4.69) is 16.9 Å². The van der Waals surface area contributed by atoms with Gasteiger partial charge in [-0.1, -0.05) is 29.5 Å². The van der Waals surface area contributed by atoms with Gasteiger partial charge in [0.15, 0.2) is 0 Å². The number of ether oxygens (including phenoxy) is 1. The van der Waals surface area contributed by atoms with E-state index in [4.69, 9.17) is 21.4 Å². The highest BCUT2D eigenvalue weighted by Crippen LogP contribution is 2.14. The zero-order chi connectivity index (χ0) is 14.4. The standard InChI is InChI=1S/C15H15ClN2O2/c1-12-15(16)11-17-18(12)7-9-20-14-6-2-4-13(10-14)5-3-8-19/h2,4,6,10-11,19H,7-9H2,1H3. The summed E-state index contributed by atoms with van der Waals surface area (Å²) in [6.07, 6.45) is 1.63. The van der Waals surface area contributed by atoms with Crippen molar-refractivity contribution in [3.63, 3.8) is 0 Å². The van der Waals surface area contributed by atoms with Crippen molar-refractivity contribution in [2.24, 2.45) is 0 Å². The molecule has 104 valence electrons. The van der Waals surface area contributed by atoms with Crippen molar-refractivity contribution in [3.8, 4) is 17.6 Å². The van der Waals surface area contributed by atoms with Crippen LogP contribution in [-0.4, -0.2) is 28.1 Å². The van der Waals surface area contributed by atoms with Crippen LogP contribution in [0.5, 0.6) is 5.75 Å². The lowest BCUT2D eigenvalue weighted by Gasteiger charge is -2.08. The third-order valence-electron chi connectivity index (χ3n) is 2.76. The van der Waals surface area contributed by atoms with Crippen LogP contribution in [0.15, 0.2) is 30.5 Å². The van der Waals surface area contributed by atoms with E-state index in [0.29, 0.717) is 18.2 Å². The Labute approximate surface area is 122 Å². The Bertz CT molecular complexity index is 641. The van der Waals surface area contributed by atoms with E-state index in [1.54, 1.807) is 10.9 Å². The number of benzene rings is 1. The summed E-state index contributed by atoms with van der Waals surface area (Å²) in [5.74, 6) is 6.19. The third-order valence-corrected chi connectivity index (χ3v) is 3.13. The molecular formula is C15H15ClN2O2. The smallest absolute Gasteiger partial charge is 0.120 e. The highest BCUT2D eigenvalue weighted by molar-refractivity contribution is 6.31. The van der Waals surface area contributed by atoms with Crippen LogP contribution >= 0.6 is 11.6 Å². The molecule has 0 radical (unpaired) electrons. The molecule has 0 atom stereocenters. The van der Waals surface area contributed by atoms with E-state index >= 15 is 0 Å². The number of aromatic nitrogens is 2. The first-order chi connectivity index (χ1) is 9.70. The van der Waals surface area contributed by atoms with Gasteiger partial charge in [-0.25, -0.2) is 0 Å². The van der Waals surface area contributed by atoms with Crippen molar-refractivity contribution in [1.29, 1.82) is 0 Å². The summed E-state index contributed by atoms with van der Waals surface area (Å²) in [6, 6.07) is 7.44. The molecular weight excluding hydrogens is 276 g/mol. The molecule has 2 aromatic rings. The van der Waals surface area contributed by atoms with E-state index in [1.165, 1.54) is 0 Å². The maximum atomic E-state index is 8.67. The quantitative estimate of drug-likeness (QED) is 0.879. The van der Waals surface area contributed by atoms with Crippen LogP contribution in [0.2, 0.25) is 5.02 Å². The third kappa shape index (κ3) is 3.77. The number of aliphatic hydroxyl groups excluding tert-OH is 1. The van der Waals surface area contributed by atoms with Crippen molar-refractivity contribution in [1.82, 2.24) is 9.78 Å². The molecule has 1 heterocycles. The maximum Gasteiger partial charge on any atom is 0.120 e. The molecule has 5 heteroatoms. The van der Waals surface area contributed by atoms with E-state index in [-0.39, 0.29) is 6.61 Å². The summed E-state index contributed by atoms with van der Waals surface area (Å²) in [4.78, 5) is 0. The minimum absolute atomic E-state index is 0.148. The number of hydrogen-bond donors (Lipinski definition) is 1. The van der Waals surface area contributed by atoms with Gasteiger partial charge in [-0.3, -0.25) is 4.68 Å². The van der Waals surface area contributed by atoms with Crippen molar-refractivity contribution < 1.29 is 9.84 Å². The lowest BCUT2D eigenvalue weighted by atomic mass is 10.2. The van der Waals surface area contributed by atoms with Crippen LogP contribution in [-0.2, 0) is 6.54 Å². The van der Waals surface area contributed by atoms with Crippen LogP contribution in [0.4, 0.5) is 0 Å². The summed E-state index contributed by atoms with van der Waals surface area (Å²) in [7, 11) is 0. The molecule has 4 nitrogen and oxygen atoms in total. The lowest BCUT2D eigenvalue weighted by molar-refractivity contribution is 0.290. The minimum Gasteiger partial charge on any atom is -0.492 e. The molecule has 20 heavy (non-hydrogen) atoms. The average molecular weight is 291 g/mol. The van der Waals surface area contributed by atoms with Gasteiger partial charge in [0.05, 0.1) is 23.5 Å².